The smallest absolute Gasteiger partial charge is 0.123 e. The number of aliphatic hydroxyl groups is 1. The Hall–Kier alpha value is -1.00. The zero-order chi connectivity index (χ0) is 15.7. The van der Waals surface area contributed by atoms with Gasteiger partial charge >= 0.3 is 0 Å². The molecule has 24 heavy (non-hydrogen) atoms. The van der Waals surface area contributed by atoms with E-state index in [-0.39, 0.29) is 24.0 Å². The van der Waals surface area contributed by atoms with Crippen molar-refractivity contribution < 1.29 is 5.11 Å². The summed E-state index contributed by atoms with van der Waals surface area (Å²) in [5.74, 6) is 0. The SMILES string of the molecule is I.OC1(c2cn[nH]n2)CCCN(Cc2ccn(C3CCCC3)n2)C1. The highest BCUT2D eigenvalue weighted by Gasteiger charge is 2.37. The van der Waals surface area contributed by atoms with Gasteiger partial charge in [-0.3, -0.25) is 9.58 Å². The summed E-state index contributed by atoms with van der Waals surface area (Å²) in [5, 5.41) is 26.1. The van der Waals surface area contributed by atoms with Gasteiger partial charge in [0.25, 0.3) is 0 Å². The summed E-state index contributed by atoms with van der Waals surface area (Å²) >= 11 is 0. The van der Waals surface area contributed by atoms with Crippen molar-refractivity contribution in [1.29, 1.82) is 0 Å². The van der Waals surface area contributed by atoms with Gasteiger partial charge in [0.15, 0.2) is 0 Å². The molecule has 8 heteroatoms. The van der Waals surface area contributed by atoms with Gasteiger partial charge in [0.2, 0.25) is 0 Å². The number of rotatable bonds is 4. The number of piperidine rings is 1. The minimum Gasteiger partial charge on any atom is -0.382 e. The van der Waals surface area contributed by atoms with Crippen LogP contribution in [0.5, 0.6) is 0 Å². The monoisotopic (exact) mass is 444 g/mol. The first-order chi connectivity index (χ1) is 11.2. The van der Waals surface area contributed by atoms with Crippen LogP contribution in [0.15, 0.2) is 18.5 Å². The lowest BCUT2D eigenvalue weighted by Crippen LogP contribution is -2.46. The standard InChI is InChI=1S/C16H24N6O.HI/c23-16(15-10-17-20-18-15)7-3-8-21(12-16)11-13-6-9-22(19-13)14-4-1-2-5-14;/h6,9-10,14,23H,1-5,7-8,11-12H2,(H,17,18,20);1H. The molecule has 2 aliphatic rings. The molecule has 132 valence electrons. The first-order valence-corrected chi connectivity index (χ1v) is 8.58. The van der Waals surface area contributed by atoms with Gasteiger partial charge in [-0.15, -0.1) is 24.0 Å². The molecule has 2 N–H and O–H groups in total. The van der Waals surface area contributed by atoms with Crippen LogP contribution in [-0.2, 0) is 12.1 Å². The van der Waals surface area contributed by atoms with E-state index in [0.29, 0.717) is 18.3 Å². The van der Waals surface area contributed by atoms with Crippen molar-refractivity contribution in [2.75, 3.05) is 13.1 Å². The summed E-state index contributed by atoms with van der Waals surface area (Å²) in [4.78, 5) is 2.26. The molecule has 1 aliphatic carbocycles. The molecule has 2 fully saturated rings. The van der Waals surface area contributed by atoms with E-state index in [1.54, 1.807) is 6.20 Å². The van der Waals surface area contributed by atoms with E-state index < -0.39 is 5.60 Å². The van der Waals surface area contributed by atoms with Crippen molar-refractivity contribution in [3.05, 3.63) is 29.8 Å². The number of likely N-dealkylation sites (tertiary alicyclic amines) is 1. The molecule has 1 saturated carbocycles. The predicted molar refractivity (Wildman–Crippen MR) is 99.9 cm³/mol. The van der Waals surface area contributed by atoms with E-state index in [4.69, 9.17) is 5.10 Å². The fourth-order valence-corrected chi connectivity index (χ4v) is 3.96. The van der Waals surface area contributed by atoms with Crippen LogP contribution in [0, 0.1) is 0 Å². The molecule has 1 unspecified atom stereocenters. The summed E-state index contributed by atoms with van der Waals surface area (Å²) in [6.07, 6.45) is 10.5. The van der Waals surface area contributed by atoms with Gasteiger partial charge in [0, 0.05) is 19.3 Å². The zero-order valence-corrected chi connectivity index (χ0v) is 16.1. The quantitative estimate of drug-likeness (QED) is 0.707. The van der Waals surface area contributed by atoms with Gasteiger partial charge in [-0.25, -0.2) is 0 Å². The molecule has 3 heterocycles. The summed E-state index contributed by atoms with van der Waals surface area (Å²) < 4.78 is 2.14. The lowest BCUT2D eigenvalue weighted by atomic mass is 9.90. The summed E-state index contributed by atoms with van der Waals surface area (Å²) in [6.45, 7) is 2.34. The first kappa shape index (κ1) is 17.8. The van der Waals surface area contributed by atoms with Gasteiger partial charge < -0.3 is 5.11 Å². The molecule has 0 spiro atoms. The minimum absolute atomic E-state index is 0. The zero-order valence-electron chi connectivity index (χ0n) is 13.8. The molecule has 1 saturated heterocycles. The van der Waals surface area contributed by atoms with E-state index in [1.165, 1.54) is 25.7 Å². The molecular formula is C16H25IN6O. The lowest BCUT2D eigenvalue weighted by molar-refractivity contribution is -0.0417. The van der Waals surface area contributed by atoms with Crippen LogP contribution < -0.4 is 0 Å². The Labute approximate surface area is 158 Å². The van der Waals surface area contributed by atoms with Crippen LogP contribution in [-0.4, -0.2) is 48.3 Å². The number of aromatic amines is 1. The average Bonchev–Trinajstić information content (AvgIpc) is 3.29. The Morgan fingerprint density at radius 2 is 2.12 bits per heavy atom. The number of nitrogens with zero attached hydrogens (tertiary/aromatic N) is 5. The van der Waals surface area contributed by atoms with Crippen molar-refractivity contribution in [1.82, 2.24) is 30.1 Å². The molecule has 2 aromatic rings. The molecule has 7 nitrogen and oxygen atoms in total. The van der Waals surface area contributed by atoms with Crippen molar-refractivity contribution in [3.8, 4) is 0 Å². The molecule has 2 aromatic heterocycles. The van der Waals surface area contributed by atoms with Crippen LogP contribution in [0.25, 0.3) is 0 Å². The highest BCUT2D eigenvalue weighted by molar-refractivity contribution is 14.0. The summed E-state index contributed by atoms with van der Waals surface area (Å²) in [5.41, 5.74) is 0.819. The van der Waals surface area contributed by atoms with Gasteiger partial charge in [-0.05, 0) is 38.3 Å². The molecule has 1 aliphatic heterocycles. The lowest BCUT2D eigenvalue weighted by Gasteiger charge is -2.37. The maximum atomic E-state index is 10.9. The average molecular weight is 444 g/mol. The summed E-state index contributed by atoms with van der Waals surface area (Å²) in [7, 11) is 0. The van der Waals surface area contributed by atoms with E-state index in [0.717, 1.165) is 31.6 Å². The van der Waals surface area contributed by atoms with Crippen molar-refractivity contribution in [2.24, 2.45) is 0 Å². The van der Waals surface area contributed by atoms with E-state index in [1.807, 2.05) is 0 Å². The van der Waals surface area contributed by atoms with Crippen molar-refractivity contribution in [3.63, 3.8) is 0 Å². The fourth-order valence-electron chi connectivity index (χ4n) is 3.96. The van der Waals surface area contributed by atoms with Crippen LogP contribution >= 0.6 is 24.0 Å². The van der Waals surface area contributed by atoms with Gasteiger partial charge in [0.1, 0.15) is 11.3 Å². The van der Waals surface area contributed by atoms with Gasteiger partial charge in [-0.2, -0.15) is 20.5 Å². The second-order valence-corrected chi connectivity index (χ2v) is 6.93. The maximum Gasteiger partial charge on any atom is 0.123 e. The topological polar surface area (TPSA) is 82.9 Å². The number of halogens is 1. The van der Waals surface area contributed by atoms with Crippen LogP contribution in [0.1, 0.15) is 56.0 Å². The number of aromatic nitrogens is 5. The van der Waals surface area contributed by atoms with E-state index in [2.05, 4.69) is 37.3 Å². The van der Waals surface area contributed by atoms with Crippen LogP contribution in [0.4, 0.5) is 0 Å². The van der Waals surface area contributed by atoms with Gasteiger partial charge in [0.05, 0.1) is 17.9 Å². The number of nitrogens with one attached hydrogen (secondary N) is 1. The molecular weight excluding hydrogens is 419 g/mol. The second-order valence-electron chi connectivity index (χ2n) is 6.93. The fraction of sp³-hybridized carbons (Fsp3) is 0.688. The van der Waals surface area contributed by atoms with Gasteiger partial charge in [-0.1, -0.05) is 12.8 Å². The Morgan fingerprint density at radius 3 is 2.88 bits per heavy atom. The molecule has 0 amide bonds. The highest BCUT2D eigenvalue weighted by Crippen LogP contribution is 2.31. The number of hydrogen-bond donors (Lipinski definition) is 2. The molecule has 4 rings (SSSR count). The second kappa shape index (κ2) is 7.49. The number of β-amino-alcohol motifs (C(OH)–C–C–N with tert-alkyl or cyclic N) is 1. The Morgan fingerprint density at radius 1 is 1.29 bits per heavy atom. The van der Waals surface area contributed by atoms with E-state index >= 15 is 0 Å². The molecule has 1 atom stereocenters. The van der Waals surface area contributed by atoms with Crippen LogP contribution in [0.3, 0.4) is 0 Å². The van der Waals surface area contributed by atoms with Crippen molar-refractivity contribution >= 4 is 24.0 Å². The summed E-state index contributed by atoms with van der Waals surface area (Å²) in [6, 6.07) is 2.69. The third-order valence-electron chi connectivity index (χ3n) is 5.19. The number of hydrogen-bond acceptors (Lipinski definition) is 5. The maximum absolute atomic E-state index is 10.9. The van der Waals surface area contributed by atoms with Crippen LogP contribution in [0.2, 0.25) is 0 Å². The Balaban J connectivity index is 0.00000169. The predicted octanol–water partition coefficient (Wildman–Crippen LogP) is 2.22. The van der Waals surface area contributed by atoms with E-state index in [9.17, 15) is 5.11 Å². The van der Waals surface area contributed by atoms with Crippen molar-refractivity contribution in [2.45, 2.75) is 56.7 Å². The number of H-pyrrole nitrogens is 1. The molecule has 0 bridgehead atoms. The normalized spacial score (nSPS) is 25.7. The Bertz CT molecular complexity index is 639. The largest absolute Gasteiger partial charge is 0.382 e. The Kier molecular flexibility index (Phi) is 5.56. The first-order valence-electron chi connectivity index (χ1n) is 8.58. The highest BCUT2D eigenvalue weighted by atomic mass is 127. The third-order valence-corrected chi connectivity index (χ3v) is 5.19. The molecule has 0 radical (unpaired) electrons. The minimum atomic E-state index is -0.904. The third kappa shape index (κ3) is 3.65. The molecule has 0 aromatic carbocycles.